The monoisotopic (exact) mass is 477 g/mol. The minimum absolute atomic E-state index is 0. The van der Waals surface area contributed by atoms with Crippen LogP contribution in [0.3, 0.4) is 0 Å². The maximum absolute atomic E-state index is 6.08. The van der Waals surface area contributed by atoms with Gasteiger partial charge >= 0.3 is 0 Å². The van der Waals surface area contributed by atoms with Crippen molar-refractivity contribution in [3.8, 4) is 0 Å². The van der Waals surface area contributed by atoms with Gasteiger partial charge in [0.15, 0.2) is 5.96 Å². The van der Waals surface area contributed by atoms with E-state index in [4.69, 9.17) is 11.6 Å². The number of nitrogens with zero attached hydrogens (tertiary/aromatic N) is 3. The summed E-state index contributed by atoms with van der Waals surface area (Å²) in [6, 6.07) is 8.38. The molecule has 8 heteroatoms. The van der Waals surface area contributed by atoms with Gasteiger partial charge in [-0.3, -0.25) is 4.99 Å². The summed E-state index contributed by atoms with van der Waals surface area (Å²) >= 11 is 7.72. The summed E-state index contributed by atoms with van der Waals surface area (Å²) < 4.78 is 0. The fourth-order valence-corrected chi connectivity index (χ4v) is 3.41. The Morgan fingerprint density at radius 3 is 3.08 bits per heavy atom. The lowest BCUT2D eigenvalue weighted by Crippen LogP contribution is -2.44. The molecule has 1 fully saturated rings. The molecule has 1 aromatic carbocycles. The second kappa shape index (κ2) is 9.43. The van der Waals surface area contributed by atoms with Crippen molar-refractivity contribution in [1.82, 2.24) is 15.6 Å². The summed E-state index contributed by atoms with van der Waals surface area (Å²) in [4.78, 5) is 10.9. The topological polar surface area (TPSA) is 52.6 Å². The number of aromatic nitrogens is 1. The number of rotatable bonds is 4. The third kappa shape index (κ3) is 5.22. The van der Waals surface area contributed by atoms with Crippen molar-refractivity contribution in [3.63, 3.8) is 0 Å². The number of nitrogens with one attached hydrogen (secondary N) is 2. The number of benzene rings is 1. The number of thiazole rings is 1. The predicted molar refractivity (Wildman–Crippen MR) is 113 cm³/mol. The fourth-order valence-electron chi connectivity index (χ4n) is 2.67. The molecule has 1 saturated heterocycles. The van der Waals surface area contributed by atoms with E-state index in [-0.39, 0.29) is 24.0 Å². The fraction of sp³-hybridized carbons (Fsp3) is 0.375. The van der Waals surface area contributed by atoms with Crippen LogP contribution in [0.1, 0.15) is 11.4 Å². The second-order valence-corrected chi connectivity index (χ2v) is 6.82. The molecule has 0 aliphatic carbocycles. The van der Waals surface area contributed by atoms with Gasteiger partial charge in [0.2, 0.25) is 0 Å². The number of anilines is 1. The quantitative estimate of drug-likeness (QED) is 0.403. The number of hydrogen-bond donors (Lipinski definition) is 2. The van der Waals surface area contributed by atoms with Crippen LogP contribution in [0.4, 0.5) is 5.69 Å². The van der Waals surface area contributed by atoms with E-state index >= 15 is 0 Å². The van der Waals surface area contributed by atoms with E-state index in [1.807, 2.05) is 29.8 Å². The van der Waals surface area contributed by atoms with Gasteiger partial charge < -0.3 is 15.5 Å². The Kier molecular flexibility index (Phi) is 7.57. The van der Waals surface area contributed by atoms with Gasteiger partial charge in [-0.1, -0.05) is 17.7 Å². The zero-order valence-electron chi connectivity index (χ0n) is 13.4. The average Bonchev–Trinajstić information content (AvgIpc) is 3.23. The van der Waals surface area contributed by atoms with Crippen LogP contribution in [0.25, 0.3) is 0 Å². The SMILES string of the molecule is CN=C(NCc1nccs1)NC1CCN(c2cccc(Cl)c2)C1.I. The van der Waals surface area contributed by atoms with Gasteiger partial charge in [0.1, 0.15) is 5.01 Å². The first kappa shape index (κ1) is 19.3. The molecule has 1 unspecified atom stereocenters. The van der Waals surface area contributed by atoms with Gasteiger partial charge in [-0.25, -0.2) is 4.98 Å². The minimum Gasteiger partial charge on any atom is -0.369 e. The molecule has 5 nitrogen and oxygen atoms in total. The predicted octanol–water partition coefficient (Wildman–Crippen LogP) is 3.36. The summed E-state index contributed by atoms with van der Waals surface area (Å²) in [5.41, 5.74) is 1.17. The number of hydrogen-bond acceptors (Lipinski definition) is 4. The highest BCUT2D eigenvalue weighted by Gasteiger charge is 2.23. The Hall–Kier alpha value is -1.06. The number of aliphatic imine (C=N–C) groups is 1. The smallest absolute Gasteiger partial charge is 0.191 e. The molecular weight excluding hydrogens is 457 g/mol. The molecule has 0 amide bonds. The normalized spacial score (nSPS) is 17.5. The van der Waals surface area contributed by atoms with Crippen LogP contribution >= 0.6 is 46.9 Å². The summed E-state index contributed by atoms with van der Waals surface area (Å²) in [7, 11) is 1.79. The lowest BCUT2D eigenvalue weighted by atomic mass is 10.3. The molecule has 1 aromatic heterocycles. The van der Waals surface area contributed by atoms with Crippen LogP contribution < -0.4 is 15.5 Å². The Bertz CT molecular complexity index is 664. The summed E-state index contributed by atoms with van der Waals surface area (Å²) in [6.07, 6.45) is 2.89. The molecule has 2 aromatic rings. The summed E-state index contributed by atoms with van der Waals surface area (Å²) in [5, 5.41) is 10.6. The highest BCUT2D eigenvalue weighted by molar-refractivity contribution is 14.0. The van der Waals surface area contributed by atoms with Gasteiger partial charge in [0, 0.05) is 48.5 Å². The van der Waals surface area contributed by atoms with Crippen LogP contribution in [0.5, 0.6) is 0 Å². The molecule has 0 radical (unpaired) electrons. The van der Waals surface area contributed by atoms with Crippen molar-refractivity contribution in [3.05, 3.63) is 45.9 Å². The van der Waals surface area contributed by atoms with Crippen molar-refractivity contribution in [2.24, 2.45) is 4.99 Å². The first-order valence-electron chi connectivity index (χ1n) is 7.60. The lowest BCUT2D eigenvalue weighted by Gasteiger charge is -2.20. The number of guanidine groups is 1. The van der Waals surface area contributed by atoms with Gasteiger partial charge in [-0.15, -0.1) is 35.3 Å². The summed E-state index contributed by atoms with van der Waals surface area (Å²) in [5.74, 6) is 0.818. The molecule has 130 valence electrons. The van der Waals surface area contributed by atoms with E-state index in [2.05, 4.69) is 31.6 Å². The molecule has 24 heavy (non-hydrogen) atoms. The molecule has 1 aliphatic rings. The Morgan fingerprint density at radius 2 is 2.38 bits per heavy atom. The highest BCUT2D eigenvalue weighted by Crippen LogP contribution is 2.23. The molecule has 1 atom stereocenters. The standard InChI is InChI=1S/C16H20ClN5S.HI/c1-18-16(20-10-15-19-6-8-23-15)21-13-5-7-22(11-13)14-4-2-3-12(17)9-14;/h2-4,6,8-9,13H,5,7,10-11H2,1H3,(H2,18,20,21);1H. The van der Waals surface area contributed by atoms with Crippen LogP contribution in [-0.2, 0) is 6.54 Å². The molecule has 2 heterocycles. The van der Waals surface area contributed by atoms with Crippen molar-refractivity contribution >= 4 is 58.6 Å². The second-order valence-electron chi connectivity index (χ2n) is 5.41. The maximum Gasteiger partial charge on any atom is 0.191 e. The third-order valence-corrected chi connectivity index (χ3v) is 4.83. The van der Waals surface area contributed by atoms with E-state index in [1.54, 1.807) is 18.4 Å². The van der Waals surface area contributed by atoms with Crippen LogP contribution in [0.15, 0.2) is 40.8 Å². The third-order valence-electron chi connectivity index (χ3n) is 3.82. The Balaban J connectivity index is 0.00000208. The largest absolute Gasteiger partial charge is 0.369 e. The van der Waals surface area contributed by atoms with Gasteiger partial charge in [0.05, 0.1) is 6.54 Å². The molecule has 0 spiro atoms. The van der Waals surface area contributed by atoms with Crippen molar-refractivity contribution in [2.75, 3.05) is 25.0 Å². The summed E-state index contributed by atoms with van der Waals surface area (Å²) in [6.45, 7) is 2.65. The first-order chi connectivity index (χ1) is 11.2. The number of halogens is 2. The average molecular weight is 478 g/mol. The Morgan fingerprint density at radius 1 is 1.50 bits per heavy atom. The molecule has 2 N–H and O–H groups in total. The van der Waals surface area contributed by atoms with E-state index in [1.165, 1.54) is 5.69 Å². The van der Waals surface area contributed by atoms with Crippen LogP contribution in [-0.4, -0.2) is 37.1 Å². The van der Waals surface area contributed by atoms with E-state index in [9.17, 15) is 0 Å². The van der Waals surface area contributed by atoms with Crippen LogP contribution in [0.2, 0.25) is 5.02 Å². The molecule has 3 rings (SSSR count). The van der Waals surface area contributed by atoms with E-state index in [0.29, 0.717) is 12.6 Å². The van der Waals surface area contributed by atoms with Crippen molar-refractivity contribution < 1.29 is 0 Å². The zero-order valence-corrected chi connectivity index (χ0v) is 17.3. The zero-order chi connectivity index (χ0) is 16.1. The van der Waals surface area contributed by atoms with E-state index < -0.39 is 0 Å². The van der Waals surface area contributed by atoms with Crippen LogP contribution in [0, 0.1) is 0 Å². The highest BCUT2D eigenvalue weighted by atomic mass is 127. The van der Waals surface area contributed by atoms with Gasteiger partial charge in [0.25, 0.3) is 0 Å². The molecule has 1 aliphatic heterocycles. The molecule has 0 bridgehead atoms. The van der Waals surface area contributed by atoms with Crippen molar-refractivity contribution in [2.45, 2.75) is 19.0 Å². The van der Waals surface area contributed by atoms with E-state index in [0.717, 1.165) is 35.5 Å². The van der Waals surface area contributed by atoms with Gasteiger partial charge in [-0.2, -0.15) is 0 Å². The maximum atomic E-state index is 6.08. The molecular formula is C16H21ClIN5S. The first-order valence-corrected chi connectivity index (χ1v) is 8.86. The minimum atomic E-state index is 0. The molecule has 0 saturated carbocycles. The van der Waals surface area contributed by atoms with Gasteiger partial charge in [-0.05, 0) is 24.6 Å². The lowest BCUT2D eigenvalue weighted by molar-refractivity contribution is 0.648. The Labute approximate surface area is 168 Å². The van der Waals surface area contributed by atoms with Crippen molar-refractivity contribution in [1.29, 1.82) is 0 Å².